The fraction of sp³-hybridized carbons (Fsp3) is 0.500. The van der Waals surface area contributed by atoms with Crippen molar-refractivity contribution >= 4 is 17.1 Å². The van der Waals surface area contributed by atoms with Gasteiger partial charge in [0.15, 0.2) is 23.1 Å². The minimum Gasteiger partial charge on any atom is -0.387 e. The molecule has 0 radical (unpaired) electrons. The van der Waals surface area contributed by atoms with Crippen molar-refractivity contribution < 1.29 is 14.2 Å². The van der Waals surface area contributed by atoms with Crippen LogP contribution in [0.2, 0.25) is 0 Å². The molecule has 9 heteroatoms. The highest BCUT2D eigenvalue weighted by atomic mass is 19.1. The largest absolute Gasteiger partial charge is 0.387 e. The molecule has 8 nitrogen and oxygen atoms in total. The highest BCUT2D eigenvalue weighted by Gasteiger charge is 2.50. The first-order chi connectivity index (χ1) is 8.91. The topological polar surface area (TPSA) is 119 Å². The average Bonchev–Trinajstić information content (AvgIpc) is 2.82. The fourth-order valence-electron chi connectivity index (χ4n) is 2.14. The number of aromatic nitrogens is 4. The van der Waals surface area contributed by atoms with Gasteiger partial charge in [-0.25, -0.2) is 9.37 Å². The standard InChI is InChI=1S/C10H12FN5O3/c1-10(11)4(17)2-19-8(10)16-3-13-5-6(16)14-9(12)15-7(5)18/h3-4,8,17H,2H2,1H3,(H3,12,14,15,18)/t4-,8-,10-/m1/s1. The van der Waals surface area contributed by atoms with E-state index in [4.69, 9.17) is 10.5 Å². The number of imidazole rings is 1. The van der Waals surface area contributed by atoms with E-state index in [1.165, 1.54) is 17.8 Å². The maximum absolute atomic E-state index is 14.4. The van der Waals surface area contributed by atoms with Gasteiger partial charge in [0.25, 0.3) is 5.56 Å². The summed E-state index contributed by atoms with van der Waals surface area (Å²) in [6.07, 6.45) is -1.12. The monoisotopic (exact) mass is 269 g/mol. The van der Waals surface area contributed by atoms with Crippen LogP contribution in [0.5, 0.6) is 0 Å². The van der Waals surface area contributed by atoms with Gasteiger partial charge in [0, 0.05) is 0 Å². The minimum atomic E-state index is -2.01. The van der Waals surface area contributed by atoms with Gasteiger partial charge in [0.05, 0.1) is 12.9 Å². The lowest BCUT2D eigenvalue weighted by Crippen LogP contribution is -2.37. The number of alkyl halides is 1. The van der Waals surface area contributed by atoms with Crippen LogP contribution in [-0.2, 0) is 4.74 Å². The molecule has 1 saturated heterocycles. The lowest BCUT2D eigenvalue weighted by Gasteiger charge is -2.24. The molecule has 0 aliphatic carbocycles. The van der Waals surface area contributed by atoms with E-state index in [9.17, 15) is 14.3 Å². The molecule has 3 heterocycles. The van der Waals surface area contributed by atoms with Gasteiger partial charge in [-0.3, -0.25) is 14.3 Å². The highest BCUT2D eigenvalue weighted by Crippen LogP contribution is 2.38. The number of ether oxygens (including phenoxy) is 1. The number of halogens is 1. The Bertz CT molecular complexity index is 694. The predicted octanol–water partition coefficient (Wildman–Crippen LogP) is -0.680. The molecule has 0 bridgehead atoms. The Morgan fingerprint density at radius 1 is 1.74 bits per heavy atom. The van der Waals surface area contributed by atoms with E-state index in [-0.39, 0.29) is 23.7 Å². The molecule has 102 valence electrons. The third kappa shape index (κ3) is 1.62. The Hall–Kier alpha value is -2.00. The Kier molecular flexibility index (Phi) is 2.38. The number of anilines is 1. The quantitative estimate of drug-likeness (QED) is 0.631. The highest BCUT2D eigenvalue weighted by molar-refractivity contribution is 5.70. The maximum Gasteiger partial charge on any atom is 0.280 e. The van der Waals surface area contributed by atoms with Crippen molar-refractivity contribution in [1.29, 1.82) is 0 Å². The summed E-state index contributed by atoms with van der Waals surface area (Å²) < 4.78 is 20.9. The molecule has 0 unspecified atom stereocenters. The zero-order chi connectivity index (χ0) is 13.8. The zero-order valence-electron chi connectivity index (χ0n) is 10.00. The molecule has 2 aromatic heterocycles. The van der Waals surface area contributed by atoms with Crippen LogP contribution in [0.3, 0.4) is 0 Å². The third-order valence-corrected chi connectivity index (χ3v) is 3.25. The number of nitrogens with zero attached hydrogens (tertiary/aromatic N) is 3. The molecule has 0 amide bonds. The lowest BCUT2D eigenvalue weighted by atomic mass is 10.0. The van der Waals surface area contributed by atoms with E-state index >= 15 is 0 Å². The number of hydrogen-bond acceptors (Lipinski definition) is 6. The maximum atomic E-state index is 14.4. The van der Waals surface area contributed by atoms with Crippen LogP contribution in [0.25, 0.3) is 11.2 Å². The number of aliphatic hydroxyl groups excluding tert-OH is 1. The van der Waals surface area contributed by atoms with Crippen molar-refractivity contribution in [2.45, 2.75) is 24.9 Å². The molecule has 19 heavy (non-hydrogen) atoms. The van der Waals surface area contributed by atoms with Gasteiger partial charge in [-0.05, 0) is 6.92 Å². The molecule has 1 aliphatic rings. The van der Waals surface area contributed by atoms with Crippen LogP contribution in [0.4, 0.5) is 10.3 Å². The molecule has 4 N–H and O–H groups in total. The Morgan fingerprint density at radius 3 is 3.11 bits per heavy atom. The van der Waals surface area contributed by atoms with Crippen molar-refractivity contribution in [3.05, 3.63) is 16.7 Å². The van der Waals surface area contributed by atoms with Crippen LogP contribution in [0, 0.1) is 0 Å². The van der Waals surface area contributed by atoms with Crippen LogP contribution in [0.1, 0.15) is 13.2 Å². The van der Waals surface area contributed by atoms with Crippen molar-refractivity contribution in [3.63, 3.8) is 0 Å². The SMILES string of the molecule is C[C@@]1(F)[C@H](O)CO[C@H]1n1cnc2c(=O)[nH]c(N)nc21. The Morgan fingerprint density at radius 2 is 2.47 bits per heavy atom. The normalized spacial score (nSPS) is 31.1. The van der Waals surface area contributed by atoms with Crippen molar-refractivity contribution in [3.8, 4) is 0 Å². The molecule has 3 atom stereocenters. The third-order valence-electron chi connectivity index (χ3n) is 3.25. The van der Waals surface area contributed by atoms with E-state index in [0.29, 0.717) is 0 Å². The van der Waals surface area contributed by atoms with Gasteiger partial charge >= 0.3 is 0 Å². The predicted molar refractivity (Wildman–Crippen MR) is 63.1 cm³/mol. The van der Waals surface area contributed by atoms with Gasteiger partial charge in [-0.1, -0.05) is 0 Å². The summed E-state index contributed by atoms with van der Waals surface area (Å²) in [7, 11) is 0. The first kappa shape index (κ1) is 12.1. The van der Waals surface area contributed by atoms with Crippen LogP contribution < -0.4 is 11.3 Å². The molecular formula is C10H12FN5O3. The first-order valence-electron chi connectivity index (χ1n) is 5.62. The summed E-state index contributed by atoms with van der Waals surface area (Å²) in [5.74, 6) is -0.0987. The molecule has 0 aromatic carbocycles. The molecule has 1 fully saturated rings. The first-order valence-corrected chi connectivity index (χ1v) is 5.62. The molecule has 0 saturated carbocycles. The Balaban J connectivity index is 2.19. The minimum absolute atomic E-state index is 0.0370. The van der Waals surface area contributed by atoms with Crippen LogP contribution in [-0.4, -0.2) is 43.0 Å². The van der Waals surface area contributed by atoms with Gasteiger partial charge in [-0.15, -0.1) is 0 Å². The van der Waals surface area contributed by atoms with Gasteiger partial charge in [-0.2, -0.15) is 4.98 Å². The van der Waals surface area contributed by atoms with Crippen LogP contribution in [0.15, 0.2) is 11.1 Å². The summed E-state index contributed by atoms with van der Waals surface area (Å²) >= 11 is 0. The summed E-state index contributed by atoms with van der Waals surface area (Å²) in [6, 6.07) is 0. The lowest BCUT2D eigenvalue weighted by molar-refractivity contribution is -0.0339. The van der Waals surface area contributed by atoms with Gasteiger partial charge < -0.3 is 15.6 Å². The second-order valence-electron chi connectivity index (χ2n) is 4.63. The van der Waals surface area contributed by atoms with Crippen LogP contribution >= 0.6 is 0 Å². The average molecular weight is 269 g/mol. The Labute approximate surface area is 106 Å². The van der Waals surface area contributed by atoms with E-state index in [0.717, 1.165) is 0 Å². The van der Waals surface area contributed by atoms with E-state index in [2.05, 4.69) is 15.0 Å². The zero-order valence-corrected chi connectivity index (χ0v) is 10.00. The van der Waals surface area contributed by atoms with Gasteiger partial charge in [0.2, 0.25) is 5.95 Å². The number of aliphatic hydroxyl groups is 1. The number of nitrogens with two attached hydrogens (primary N) is 1. The molecule has 3 rings (SSSR count). The van der Waals surface area contributed by atoms with Crippen molar-refractivity contribution in [2.24, 2.45) is 0 Å². The van der Waals surface area contributed by atoms with Crippen molar-refractivity contribution in [1.82, 2.24) is 19.5 Å². The number of nitrogens with one attached hydrogen (secondary N) is 1. The number of H-pyrrole nitrogens is 1. The van der Waals surface area contributed by atoms with E-state index in [1.54, 1.807) is 0 Å². The van der Waals surface area contributed by atoms with Gasteiger partial charge in [0.1, 0.15) is 6.10 Å². The summed E-state index contributed by atoms with van der Waals surface area (Å²) in [5.41, 5.74) is 3.09. The fourth-order valence-corrected chi connectivity index (χ4v) is 2.14. The molecule has 1 aliphatic heterocycles. The van der Waals surface area contributed by atoms with E-state index in [1.807, 2.05) is 0 Å². The number of fused-ring (bicyclic) bond motifs is 1. The summed E-state index contributed by atoms with van der Waals surface area (Å²) in [5, 5.41) is 9.56. The molecular weight excluding hydrogens is 257 g/mol. The molecule has 0 spiro atoms. The number of rotatable bonds is 1. The number of aromatic amines is 1. The second-order valence-corrected chi connectivity index (χ2v) is 4.63. The number of hydrogen-bond donors (Lipinski definition) is 3. The number of nitrogen functional groups attached to an aromatic ring is 1. The summed E-state index contributed by atoms with van der Waals surface area (Å²) in [6.45, 7) is 1.08. The van der Waals surface area contributed by atoms with Crippen molar-refractivity contribution in [2.75, 3.05) is 12.3 Å². The smallest absolute Gasteiger partial charge is 0.280 e. The van der Waals surface area contributed by atoms with E-state index < -0.39 is 23.6 Å². The molecule has 2 aromatic rings. The summed E-state index contributed by atoms with van der Waals surface area (Å²) in [4.78, 5) is 21.7. The second kappa shape index (κ2) is 3.75.